The molecular weight excluding hydrogens is 284 g/mol. The molecule has 5 nitrogen and oxygen atoms in total. The van der Waals surface area contributed by atoms with E-state index in [4.69, 9.17) is 5.73 Å². The Morgan fingerprint density at radius 1 is 1.19 bits per heavy atom. The molecule has 116 valence electrons. The first-order chi connectivity index (χ1) is 10.3. The molecule has 0 bridgehead atoms. The van der Waals surface area contributed by atoms with Crippen LogP contribution in [0.5, 0.6) is 0 Å². The van der Waals surface area contributed by atoms with Gasteiger partial charge in [-0.25, -0.2) is 4.98 Å². The predicted octanol–water partition coefficient (Wildman–Crippen LogP) is 1.70. The zero-order valence-corrected chi connectivity index (χ0v) is 13.2. The minimum absolute atomic E-state index is 0.0407. The van der Waals surface area contributed by atoms with E-state index in [1.54, 1.807) is 11.3 Å². The SMILES string of the molecule is NC1CCCCCC1C(=O)N1CCN(c2nccs2)CC1. The lowest BCUT2D eigenvalue weighted by atomic mass is 9.93. The van der Waals surface area contributed by atoms with Gasteiger partial charge in [-0.2, -0.15) is 0 Å². The number of hydrogen-bond donors (Lipinski definition) is 1. The van der Waals surface area contributed by atoms with Crippen LogP contribution in [0.2, 0.25) is 0 Å². The summed E-state index contributed by atoms with van der Waals surface area (Å²) in [6.07, 6.45) is 7.32. The van der Waals surface area contributed by atoms with Gasteiger partial charge in [0, 0.05) is 43.8 Å². The smallest absolute Gasteiger partial charge is 0.227 e. The van der Waals surface area contributed by atoms with Crippen LogP contribution in [-0.2, 0) is 4.79 Å². The Morgan fingerprint density at radius 3 is 2.67 bits per heavy atom. The number of aromatic nitrogens is 1. The number of thiazole rings is 1. The fraction of sp³-hybridized carbons (Fsp3) is 0.733. The third kappa shape index (κ3) is 3.37. The first kappa shape index (κ1) is 14.8. The van der Waals surface area contributed by atoms with E-state index >= 15 is 0 Å². The molecule has 1 aromatic heterocycles. The van der Waals surface area contributed by atoms with Crippen molar-refractivity contribution in [2.24, 2.45) is 11.7 Å². The highest BCUT2D eigenvalue weighted by molar-refractivity contribution is 7.13. The Labute approximate surface area is 130 Å². The molecule has 2 N–H and O–H groups in total. The molecule has 6 heteroatoms. The Bertz CT molecular complexity index is 456. The highest BCUT2D eigenvalue weighted by Crippen LogP contribution is 2.25. The quantitative estimate of drug-likeness (QED) is 0.845. The van der Waals surface area contributed by atoms with Gasteiger partial charge in [0.05, 0.1) is 5.92 Å². The number of hydrogen-bond acceptors (Lipinski definition) is 5. The maximum atomic E-state index is 12.7. The maximum absolute atomic E-state index is 12.7. The molecule has 1 aromatic rings. The van der Waals surface area contributed by atoms with E-state index in [0.717, 1.165) is 50.6 Å². The van der Waals surface area contributed by atoms with Crippen molar-refractivity contribution in [1.82, 2.24) is 9.88 Å². The second-order valence-corrected chi connectivity index (χ2v) is 6.91. The van der Waals surface area contributed by atoms with Crippen LogP contribution in [0.15, 0.2) is 11.6 Å². The van der Waals surface area contributed by atoms with Crippen LogP contribution in [0, 0.1) is 5.92 Å². The normalized spacial score (nSPS) is 27.5. The lowest BCUT2D eigenvalue weighted by Crippen LogP contribution is -2.52. The summed E-state index contributed by atoms with van der Waals surface area (Å²) in [5.41, 5.74) is 6.22. The molecule has 0 spiro atoms. The summed E-state index contributed by atoms with van der Waals surface area (Å²) in [7, 11) is 0. The lowest BCUT2D eigenvalue weighted by Gasteiger charge is -2.37. The van der Waals surface area contributed by atoms with Crippen LogP contribution >= 0.6 is 11.3 Å². The maximum Gasteiger partial charge on any atom is 0.227 e. The van der Waals surface area contributed by atoms with Crippen LogP contribution in [0.25, 0.3) is 0 Å². The first-order valence-corrected chi connectivity index (χ1v) is 8.82. The largest absolute Gasteiger partial charge is 0.345 e. The second kappa shape index (κ2) is 6.75. The molecule has 2 fully saturated rings. The molecule has 1 amide bonds. The van der Waals surface area contributed by atoms with E-state index in [1.807, 2.05) is 16.5 Å². The van der Waals surface area contributed by atoms with Gasteiger partial charge < -0.3 is 15.5 Å². The van der Waals surface area contributed by atoms with Crippen molar-refractivity contribution in [3.63, 3.8) is 0 Å². The van der Waals surface area contributed by atoms with Crippen molar-refractivity contribution in [1.29, 1.82) is 0 Å². The van der Waals surface area contributed by atoms with E-state index in [-0.39, 0.29) is 17.9 Å². The first-order valence-electron chi connectivity index (χ1n) is 7.94. The molecule has 2 atom stereocenters. The Kier molecular flexibility index (Phi) is 4.75. The molecule has 21 heavy (non-hydrogen) atoms. The standard InChI is InChI=1S/C15H24N4OS/c16-13-5-3-1-2-4-12(13)14(20)18-7-9-19(10-8-18)15-17-6-11-21-15/h6,11-13H,1-5,7-10,16H2. The number of carbonyl (C=O) groups is 1. The average molecular weight is 308 g/mol. The Hall–Kier alpha value is -1.14. The molecule has 2 unspecified atom stereocenters. The number of piperazine rings is 1. The molecular formula is C15H24N4OS. The van der Waals surface area contributed by atoms with Crippen molar-refractivity contribution < 1.29 is 4.79 Å². The van der Waals surface area contributed by atoms with Crippen LogP contribution in [0.4, 0.5) is 5.13 Å². The van der Waals surface area contributed by atoms with Crippen LogP contribution < -0.4 is 10.6 Å². The van der Waals surface area contributed by atoms with Gasteiger partial charge in [0.1, 0.15) is 0 Å². The van der Waals surface area contributed by atoms with Crippen LogP contribution in [0.3, 0.4) is 0 Å². The zero-order valence-electron chi connectivity index (χ0n) is 12.4. The average Bonchev–Trinajstić information content (AvgIpc) is 2.96. The van der Waals surface area contributed by atoms with Crippen molar-refractivity contribution in [3.8, 4) is 0 Å². The van der Waals surface area contributed by atoms with Gasteiger partial charge >= 0.3 is 0 Å². The molecule has 1 aliphatic carbocycles. The topological polar surface area (TPSA) is 62.5 Å². The van der Waals surface area contributed by atoms with Gasteiger partial charge in [-0.1, -0.05) is 19.3 Å². The lowest BCUT2D eigenvalue weighted by molar-refractivity contribution is -0.136. The van der Waals surface area contributed by atoms with E-state index in [2.05, 4.69) is 9.88 Å². The number of rotatable bonds is 2. The number of carbonyl (C=O) groups excluding carboxylic acids is 1. The summed E-state index contributed by atoms with van der Waals surface area (Å²) < 4.78 is 0. The van der Waals surface area contributed by atoms with E-state index in [1.165, 1.54) is 12.8 Å². The molecule has 1 saturated carbocycles. The van der Waals surface area contributed by atoms with Crippen molar-refractivity contribution in [3.05, 3.63) is 11.6 Å². The van der Waals surface area contributed by atoms with Crippen molar-refractivity contribution >= 4 is 22.4 Å². The number of anilines is 1. The molecule has 1 saturated heterocycles. The van der Waals surface area contributed by atoms with Gasteiger partial charge in [-0.3, -0.25) is 4.79 Å². The van der Waals surface area contributed by atoms with Gasteiger partial charge in [0.2, 0.25) is 5.91 Å². The third-order valence-electron chi connectivity index (χ3n) is 4.67. The molecule has 2 aliphatic rings. The van der Waals surface area contributed by atoms with Crippen molar-refractivity contribution in [2.45, 2.75) is 38.1 Å². The summed E-state index contributed by atoms with van der Waals surface area (Å²) >= 11 is 1.66. The number of amides is 1. The van der Waals surface area contributed by atoms with Gasteiger partial charge in [-0.15, -0.1) is 11.3 Å². The zero-order chi connectivity index (χ0) is 14.7. The fourth-order valence-corrected chi connectivity index (χ4v) is 4.06. The molecule has 1 aliphatic heterocycles. The summed E-state index contributed by atoms with van der Waals surface area (Å²) in [4.78, 5) is 21.3. The van der Waals surface area contributed by atoms with Crippen LogP contribution in [-0.4, -0.2) is 48.0 Å². The van der Waals surface area contributed by atoms with Gasteiger partial charge in [0.15, 0.2) is 5.13 Å². The highest BCUT2D eigenvalue weighted by Gasteiger charge is 2.32. The summed E-state index contributed by atoms with van der Waals surface area (Å²) in [5, 5.41) is 3.06. The Morgan fingerprint density at radius 2 is 1.95 bits per heavy atom. The summed E-state index contributed by atoms with van der Waals surface area (Å²) in [5.74, 6) is 0.321. The third-order valence-corrected chi connectivity index (χ3v) is 5.50. The predicted molar refractivity (Wildman–Crippen MR) is 85.5 cm³/mol. The summed E-state index contributed by atoms with van der Waals surface area (Å²) in [6.45, 7) is 3.34. The molecule has 0 radical (unpaired) electrons. The second-order valence-electron chi connectivity index (χ2n) is 6.04. The van der Waals surface area contributed by atoms with Gasteiger partial charge in [-0.05, 0) is 12.8 Å². The number of nitrogens with two attached hydrogens (primary N) is 1. The monoisotopic (exact) mass is 308 g/mol. The fourth-order valence-electron chi connectivity index (χ4n) is 3.37. The minimum Gasteiger partial charge on any atom is -0.345 e. The molecule has 2 heterocycles. The molecule has 3 rings (SSSR count). The summed E-state index contributed by atoms with van der Waals surface area (Å²) in [6, 6.07) is 0.0528. The van der Waals surface area contributed by atoms with Gasteiger partial charge in [0.25, 0.3) is 0 Å². The minimum atomic E-state index is 0.0407. The molecule has 0 aromatic carbocycles. The van der Waals surface area contributed by atoms with E-state index in [0.29, 0.717) is 0 Å². The highest BCUT2D eigenvalue weighted by atomic mass is 32.1. The van der Waals surface area contributed by atoms with Crippen LogP contribution in [0.1, 0.15) is 32.1 Å². The van der Waals surface area contributed by atoms with Crippen molar-refractivity contribution in [2.75, 3.05) is 31.1 Å². The Balaban J connectivity index is 1.57. The number of nitrogens with zero attached hydrogens (tertiary/aromatic N) is 3. The van der Waals surface area contributed by atoms with E-state index < -0.39 is 0 Å². The van der Waals surface area contributed by atoms with E-state index in [9.17, 15) is 4.79 Å².